The second-order valence-electron chi connectivity index (χ2n) is 7.78. The van der Waals surface area contributed by atoms with E-state index in [-0.39, 0.29) is 24.7 Å². The summed E-state index contributed by atoms with van der Waals surface area (Å²) < 4.78 is 43.3. The number of nitrogens with one attached hydrogen (secondary N) is 1. The molecule has 31 heavy (non-hydrogen) atoms. The molecular weight excluding hydrogens is 415 g/mol. The number of halogens is 3. The van der Waals surface area contributed by atoms with Gasteiger partial charge in [0.2, 0.25) is 5.88 Å². The van der Waals surface area contributed by atoms with Gasteiger partial charge >= 0.3 is 6.18 Å². The molecule has 0 radical (unpaired) electrons. The van der Waals surface area contributed by atoms with Crippen molar-refractivity contribution in [3.05, 3.63) is 47.5 Å². The Balaban J connectivity index is 1.77. The number of hydrogen-bond donors (Lipinski definition) is 2. The second-order valence-corrected chi connectivity index (χ2v) is 7.78. The fourth-order valence-corrected chi connectivity index (χ4v) is 2.83. The van der Waals surface area contributed by atoms with E-state index in [2.05, 4.69) is 20.4 Å². The SMILES string of the molecule is Cc1cc(Cn2cc3c(C(=O)NCC(C)(C)O)nccc3n2)cnc1OCC(F)(F)F. The number of aliphatic hydroxyl groups is 1. The van der Waals surface area contributed by atoms with Gasteiger partial charge < -0.3 is 15.2 Å². The molecule has 3 aromatic heterocycles. The lowest BCUT2D eigenvalue weighted by molar-refractivity contribution is -0.154. The molecular formula is C20H22F3N5O3. The van der Waals surface area contributed by atoms with Crippen LogP contribution in [0.15, 0.2) is 30.7 Å². The fourth-order valence-electron chi connectivity index (χ4n) is 2.83. The summed E-state index contributed by atoms with van der Waals surface area (Å²) in [5.41, 5.74) is 0.836. The molecule has 0 atom stereocenters. The van der Waals surface area contributed by atoms with E-state index >= 15 is 0 Å². The molecule has 0 fully saturated rings. The van der Waals surface area contributed by atoms with Crippen molar-refractivity contribution in [2.75, 3.05) is 13.2 Å². The summed E-state index contributed by atoms with van der Waals surface area (Å²) in [6.45, 7) is 3.70. The summed E-state index contributed by atoms with van der Waals surface area (Å²) >= 11 is 0. The van der Waals surface area contributed by atoms with Crippen molar-refractivity contribution in [1.29, 1.82) is 0 Å². The molecule has 2 N–H and O–H groups in total. The van der Waals surface area contributed by atoms with Gasteiger partial charge in [0.25, 0.3) is 5.91 Å². The molecule has 0 bridgehead atoms. The Morgan fingerprint density at radius 2 is 2.03 bits per heavy atom. The molecule has 0 aromatic carbocycles. The van der Waals surface area contributed by atoms with E-state index in [1.54, 1.807) is 43.8 Å². The first-order valence-corrected chi connectivity index (χ1v) is 9.39. The van der Waals surface area contributed by atoms with Gasteiger partial charge in [0.15, 0.2) is 6.61 Å². The zero-order chi connectivity index (χ0) is 22.8. The highest BCUT2D eigenvalue weighted by Crippen LogP contribution is 2.21. The van der Waals surface area contributed by atoms with Crippen LogP contribution in [0, 0.1) is 6.92 Å². The van der Waals surface area contributed by atoms with E-state index in [1.165, 1.54) is 12.4 Å². The number of aromatic nitrogens is 4. The molecule has 3 heterocycles. The summed E-state index contributed by atoms with van der Waals surface area (Å²) in [4.78, 5) is 20.5. The Hall–Kier alpha value is -3.21. The van der Waals surface area contributed by atoms with Gasteiger partial charge in [-0.05, 0) is 38.5 Å². The maximum atomic E-state index is 12.5. The predicted molar refractivity (Wildman–Crippen MR) is 106 cm³/mol. The minimum Gasteiger partial charge on any atom is -0.468 e. The van der Waals surface area contributed by atoms with E-state index < -0.39 is 24.3 Å². The van der Waals surface area contributed by atoms with Gasteiger partial charge in [-0.3, -0.25) is 14.5 Å². The lowest BCUT2D eigenvalue weighted by Crippen LogP contribution is -2.38. The van der Waals surface area contributed by atoms with Crippen molar-refractivity contribution in [3.8, 4) is 5.88 Å². The first-order chi connectivity index (χ1) is 14.4. The zero-order valence-electron chi connectivity index (χ0n) is 17.2. The van der Waals surface area contributed by atoms with Crippen LogP contribution < -0.4 is 10.1 Å². The monoisotopic (exact) mass is 437 g/mol. The van der Waals surface area contributed by atoms with Crippen LogP contribution in [0.3, 0.4) is 0 Å². The van der Waals surface area contributed by atoms with E-state index in [0.29, 0.717) is 22.0 Å². The number of carbonyl (C=O) groups excluding carboxylic acids is 1. The second kappa shape index (κ2) is 8.50. The predicted octanol–water partition coefficient (Wildman–Crippen LogP) is 2.62. The molecule has 11 heteroatoms. The number of carbonyl (C=O) groups is 1. The number of rotatable bonds is 7. The van der Waals surface area contributed by atoms with Gasteiger partial charge in [-0.15, -0.1) is 0 Å². The van der Waals surface area contributed by atoms with Crippen LogP contribution in [-0.2, 0) is 6.54 Å². The Bertz CT molecular complexity index is 1090. The number of aryl methyl sites for hydroxylation is 1. The average Bonchev–Trinajstić information content (AvgIpc) is 3.06. The van der Waals surface area contributed by atoms with E-state index in [9.17, 15) is 23.1 Å². The smallest absolute Gasteiger partial charge is 0.422 e. The summed E-state index contributed by atoms with van der Waals surface area (Å²) in [6.07, 6.45) is 0.106. The lowest BCUT2D eigenvalue weighted by Gasteiger charge is -2.17. The molecule has 0 saturated carbocycles. The van der Waals surface area contributed by atoms with Gasteiger partial charge in [-0.25, -0.2) is 4.98 Å². The minimum atomic E-state index is -4.44. The summed E-state index contributed by atoms with van der Waals surface area (Å²) in [5.74, 6) is -0.516. The molecule has 166 valence electrons. The molecule has 0 unspecified atom stereocenters. The summed E-state index contributed by atoms with van der Waals surface area (Å²) in [5, 5.41) is 17.4. The summed E-state index contributed by atoms with van der Waals surface area (Å²) in [6, 6.07) is 3.33. The Morgan fingerprint density at radius 3 is 2.68 bits per heavy atom. The first kappa shape index (κ1) is 22.5. The van der Waals surface area contributed by atoms with Crippen molar-refractivity contribution in [2.24, 2.45) is 0 Å². The van der Waals surface area contributed by atoms with Gasteiger partial charge in [-0.2, -0.15) is 18.3 Å². The third-order valence-electron chi connectivity index (χ3n) is 4.18. The van der Waals surface area contributed by atoms with Crippen LogP contribution in [-0.4, -0.2) is 55.7 Å². The van der Waals surface area contributed by atoms with Gasteiger partial charge in [0.1, 0.15) is 5.69 Å². The number of hydrogen-bond acceptors (Lipinski definition) is 6. The largest absolute Gasteiger partial charge is 0.468 e. The average molecular weight is 437 g/mol. The molecule has 8 nitrogen and oxygen atoms in total. The van der Waals surface area contributed by atoms with E-state index in [4.69, 9.17) is 4.74 Å². The summed E-state index contributed by atoms with van der Waals surface area (Å²) in [7, 11) is 0. The van der Waals surface area contributed by atoms with Crippen LogP contribution in [0.2, 0.25) is 0 Å². The third kappa shape index (κ3) is 6.14. The van der Waals surface area contributed by atoms with E-state index in [1.807, 2.05) is 0 Å². The first-order valence-electron chi connectivity index (χ1n) is 9.39. The van der Waals surface area contributed by atoms with Gasteiger partial charge in [0, 0.05) is 30.7 Å². The molecule has 3 aromatic rings. The maximum absolute atomic E-state index is 12.5. The van der Waals surface area contributed by atoms with Crippen molar-refractivity contribution >= 4 is 16.8 Å². The van der Waals surface area contributed by atoms with Crippen molar-refractivity contribution in [1.82, 2.24) is 25.1 Å². The zero-order valence-corrected chi connectivity index (χ0v) is 17.2. The highest BCUT2D eigenvalue weighted by molar-refractivity contribution is 6.04. The van der Waals surface area contributed by atoms with E-state index in [0.717, 1.165) is 0 Å². The van der Waals surface area contributed by atoms with Crippen molar-refractivity contribution < 1.29 is 27.8 Å². The highest BCUT2D eigenvalue weighted by Gasteiger charge is 2.29. The molecule has 0 saturated heterocycles. The highest BCUT2D eigenvalue weighted by atomic mass is 19.4. The Morgan fingerprint density at radius 1 is 1.29 bits per heavy atom. The molecule has 0 aliphatic rings. The number of ether oxygens (including phenoxy) is 1. The molecule has 0 spiro atoms. The van der Waals surface area contributed by atoms with Crippen LogP contribution in [0.5, 0.6) is 5.88 Å². The third-order valence-corrected chi connectivity index (χ3v) is 4.18. The van der Waals surface area contributed by atoms with Crippen molar-refractivity contribution in [3.63, 3.8) is 0 Å². The lowest BCUT2D eigenvalue weighted by atomic mass is 10.1. The van der Waals surface area contributed by atoms with Crippen LogP contribution in [0.4, 0.5) is 13.2 Å². The van der Waals surface area contributed by atoms with Crippen LogP contribution >= 0.6 is 0 Å². The normalized spacial score (nSPS) is 12.2. The number of fused-ring (bicyclic) bond motifs is 1. The minimum absolute atomic E-state index is 0.0613. The molecule has 0 aliphatic carbocycles. The van der Waals surface area contributed by atoms with Crippen LogP contribution in [0.1, 0.15) is 35.5 Å². The Kier molecular flexibility index (Phi) is 6.16. The molecule has 0 aliphatic heterocycles. The molecule has 1 amide bonds. The van der Waals surface area contributed by atoms with Crippen molar-refractivity contribution in [2.45, 2.75) is 39.1 Å². The fraction of sp³-hybridized carbons (Fsp3) is 0.400. The van der Waals surface area contributed by atoms with Gasteiger partial charge in [-0.1, -0.05) is 0 Å². The standard InChI is InChI=1S/C20H22F3N5O3/c1-12-6-13(7-25-18(12)31-11-20(21,22)23)8-28-9-14-15(27-28)4-5-24-16(14)17(29)26-10-19(2,3)30/h4-7,9,30H,8,10-11H2,1-3H3,(H,26,29). The van der Waals surface area contributed by atoms with Gasteiger partial charge in [0.05, 0.1) is 23.0 Å². The number of amides is 1. The number of nitrogens with zero attached hydrogens (tertiary/aromatic N) is 4. The number of pyridine rings is 2. The maximum Gasteiger partial charge on any atom is 0.422 e. The quantitative estimate of drug-likeness (QED) is 0.589. The Labute approximate surface area is 176 Å². The topological polar surface area (TPSA) is 102 Å². The van der Waals surface area contributed by atoms with Crippen LogP contribution in [0.25, 0.3) is 10.9 Å². The molecule has 3 rings (SSSR count). The number of alkyl halides is 3.